The molecule has 1 heteroatoms. The number of rotatable bonds is 6. The standard InChI is InChI=1S/C20H41N/c1-5-17(3)15-16-19-13-9-7-8-11-18(6-2)12-10-14-20(19)21-4/h17-21H,5-16H2,1-4H3. The largest absolute Gasteiger partial charge is 0.317 e. The lowest BCUT2D eigenvalue weighted by Gasteiger charge is -2.28. The third-order valence-corrected chi connectivity index (χ3v) is 6.06. The first-order chi connectivity index (χ1) is 10.2. The van der Waals surface area contributed by atoms with Crippen LogP contribution in [0.1, 0.15) is 97.8 Å². The van der Waals surface area contributed by atoms with Crippen LogP contribution in [0.25, 0.3) is 0 Å². The molecular weight excluding hydrogens is 254 g/mol. The molecule has 0 aromatic carbocycles. The normalized spacial score (nSPS) is 30.6. The zero-order valence-electron chi connectivity index (χ0n) is 15.3. The minimum Gasteiger partial charge on any atom is -0.317 e. The minimum atomic E-state index is 0.768. The Hall–Kier alpha value is -0.0400. The molecule has 0 spiro atoms. The lowest BCUT2D eigenvalue weighted by molar-refractivity contribution is 0.279. The number of hydrogen-bond acceptors (Lipinski definition) is 1. The number of hydrogen-bond donors (Lipinski definition) is 1. The summed E-state index contributed by atoms with van der Waals surface area (Å²) < 4.78 is 0. The number of nitrogens with one attached hydrogen (secondary N) is 1. The monoisotopic (exact) mass is 295 g/mol. The van der Waals surface area contributed by atoms with Crippen molar-refractivity contribution >= 4 is 0 Å². The molecule has 1 rings (SSSR count). The Kier molecular flexibility index (Phi) is 10.4. The Labute approximate surface area is 134 Å². The summed E-state index contributed by atoms with van der Waals surface area (Å²) >= 11 is 0. The van der Waals surface area contributed by atoms with Crippen molar-refractivity contribution in [2.75, 3.05) is 7.05 Å². The highest BCUT2D eigenvalue weighted by atomic mass is 14.9. The van der Waals surface area contributed by atoms with Crippen LogP contribution >= 0.6 is 0 Å². The van der Waals surface area contributed by atoms with Gasteiger partial charge in [0.2, 0.25) is 0 Å². The van der Waals surface area contributed by atoms with Gasteiger partial charge in [-0.05, 0) is 44.1 Å². The van der Waals surface area contributed by atoms with E-state index in [1.54, 1.807) is 0 Å². The lowest BCUT2D eigenvalue weighted by atomic mass is 9.84. The second-order valence-electron chi connectivity index (χ2n) is 7.59. The molecule has 1 nitrogen and oxygen atoms in total. The SMILES string of the molecule is CCC(C)CCC1CCCCCC(CC)CCCC1NC. The summed E-state index contributed by atoms with van der Waals surface area (Å²) in [5, 5.41) is 3.66. The van der Waals surface area contributed by atoms with Gasteiger partial charge in [0.25, 0.3) is 0 Å². The Bertz CT molecular complexity index is 238. The Morgan fingerprint density at radius 1 is 0.952 bits per heavy atom. The van der Waals surface area contributed by atoms with Gasteiger partial charge in [-0.25, -0.2) is 0 Å². The summed E-state index contributed by atoms with van der Waals surface area (Å²) in [5.74, 6) is 2.83. The maximum Gasteiger partial charge on any atom is 0.00923 e. The van der Waals surface area contributed by atoms with Crippen LogP contribution in [0.5, 0.6) is 0 Å². The van der Waals surface area contributed by atoms with Crippen molar-refractivity contribution in [3.63, 3.8) is 0 Å². The second kappa shape index (κ2) is 11.5. The third-order valence-electron chi connectivity index (χ3n) is 6.06. The van der Waals surface area contributed by atoms with E-state index < -0.39 is 0 Å². The Morgan fingerprint density at radius 3 is 2.33 bits per heavy atom. The van der Waals surface area contributed by atoms with E-state index in [1.807, 2.05) is 0 Å². The smallest absolute Gasteiger partial charge is 0.00923 e. The molecule has 4 unspecified atom stereocenters. The fourth-order valence-electron chi connectivity index (χ4n) is 4.06. The molecule has 0 aliphatic heterocycles. The second-order valence-corrected chi connectivity index (χ2v) is 7.59. The molecule has 1 aliphatic rings. The first-order valence-electron chi connectivity index (χ1n) is 9.88. The summed E-state index contributed by atoms with van der Waals surface area (Å²) in [4.78, 5) is 0. The topological polar surface area (TPSA) is 12.0 Å². The van der Waals surface area contributed by atoms with Gasteiger partial charge >= 0.3 is 0 Å². The van der Waals surface area contributed by atoms with Crippen LogP contribution in [-0.4, -0.2) is 13.1 Å². The third kappa shape index (κ3) is 7.68. The molecule has 0 heterocycles. The van der Waals surface area contributed by atoms with Crippen molar-refractivity contribution < 1.29 is 0 Å². The van der Waals surface area contributed by atoms with Crippen LogP contribution in [0.3, 0.4) is 0 Å². The lowest BCUT2D eigenvalue weighted by Crippen LogP contribution is -2.34. The van der Waals surface area contributed by atoms with Gasteiger partial charge in [0.1, 0.15) is 0 Å². The van der Waals surface area contributed by atoms with Crippen LogP contribution < -0.4 is 5.32 Å². The van der Waals surface area contributed by atoms with Crippen LogP contribution in [-0.2, 0) is 0 Å². The van der Waals surface area contributed by atoms with E-state index >= 15 is 0 Å². The van der Waals surface area contributed by atoms with Crippen LogP contribution in [0, 0.1) is 17.8 Å². The molecule has 1 fully saturated rings. The molecule has 0 saturated heterocycles. The van der Waals surface area contributed by atoms with E-state index in [-0.39, 0.29) is 0 Å². The average molecular weight is 296 g/mol. The molecule has 1 saturated carbocycles. The highest BCUT2D eigenvalue weighted by Gasteiger charge is 2.21. The maximum absolute atomic E-state index is 3.66. The zero-order valence-corrected chi connectivity index (χ0v) is 15.3. The van der Waals surface area contributed by atoms with Crippen LogP contribution in [0.4, 0.5) is 0 Å². The van der Waals surface area contributed by atoms with Gasteiger partial charge in [0, 0.05) is 6.04 Å². The average Bonchev–Trinajstić information content (AvgIpc) is 2.55. The van der Waals surface area contributed by atoms with E-state index in [0.29, 0.717) is 0 Å². The van der Waals surface area contributed by atoms with Crippen molar-refractivity contribution in [2.45, 2.75) is 104 Å². The summed E-state index contributed by atoms with van der Waals surface area (Å²) in [6, 6.07) is 0.768. The minimum absolute atomic E-state index is 0.768. The predicted molar refractivity (Wildman–Crippen MR) is 95.7 cm³/mol. The van der Waals surface area contributed by atoms with Crippen LogP contribution in [0.15, 0.2) is 0 Å². The molecule has 126 valence electrons. The van der Waals surface area contributed by atoms with Gasteiger partial charge in [-0.2, -0.15) is 0 Å². The molecular formula is C20H41N. The molecule has 1 N–H and O–H groups in total. The van der Waals surface area contributed by atoms with Crippen molar-refractivity contribution in [3.05, 3.63) is 0 Å². The van der Waals surface area contributed by atoms with Gasteiger partial charge in [0.05, 0.1) is 0 Å². The van der Waals surface area contributed by atoms with E-state index in [4.69, 9.17) is 0 Å². The summed E-state index contributed by atoms with van der Waals surface area (Å²) in [6.45, 7) is 7.14. The molecule has 0 aromatic heterocycles. The quantitative estimate of drug-likeness (QED) is 0.617. The van der Waals surface area contributed by atoms with Gasteiger partial charge in [-0.1, -0.05) is 78.6 Å². The van der Waals surface area contributed by atoms with Crippen molar-refractivity contribution in [3.8, 4) is 0 Å². The van der Waals surface area contributed by atoms with Gasteiger partial charge in [-0.3, -0.25) is 0 Å². The fraction of sp³-hybridized carbons (Fsp3) is 1.00. The van der Waals surface area contributed by atoms with Crippen molar-refractivity contribution in [2.24, 2.45) is 17.8 Å². The van der Waals surface area contributed by atoms with Crippen LogP contribution in [0.2, 0.25) is 0 Å². The molecule has 0 aromatic rings. The molecule has 0 amide bonds. The maximum atomic E-state index is 3.66. The predicted octanol–water partition coefficient (Wildman–Crippen LogP) is 6.18. The van der Waals surface area contributed by atoms with E-state index in [2.05, 4.69) is 33.1 Å². The Balaban J connectivity index is 2.53. The van der Waals surface area contributed by atoms with E-state index in [1.165, 1.54) is 77.0 Å². The first kappa shape index (κ1) is 19.0. The summed E-state index contributed by atoms with van der Waals surface area (Å²) in [7, 11) is 2.19. The summed E-state index contributed by atoms with van der Waals surface area (Å²) in [5.41, 5.74) is 0. The first-order valence-corrected chi connectivity index (χ1v) is 9.88. The highest BCUT2D eigenvalue weighted by molar-refractivity contribution is 4.77. The summed E-state index contributed by atoms with van der Waals surface area (Å²) in [6.07, 6.45) is 17.2. The van der Waals surface area contributed by atoms with E-state index in [0.717, 1.165) is 23.8 Å². The highest BCUT2D eigenvalue weighted by Crippen LogP contribution is 2.29. The van der Waals surface area contributed by atoms with Gasteiger partial charge in [0.15, 0.2) is 0 Å². The van der Waals surface area contributed by atoms with E-state index in [9.17, 15) is 0 Å². The fourth-order valence-corrected chi connectivity index (χ4v) is 4.06. The van der Waals surface area contributed by atoms with Gasteiger partial charge in [-0.15, -0.1) is 0 Å². The molecule has 0 radical (unpaired) electrons. The van der Waals surface area contributed by atoms with Gasteiger partial charge < -0.3 is 5.32 Å². The molecule has 1 aliphatic carbocycles. The van der Waals surface area contributed by atoms with Crippen molar-refractivity contribution in [1.29, 1.82) is 0 Å². The molecule has 4 atom stereocenters. The Morgan fingerprint density at radius 2 is 1.67 bits per heavy atom. The molecule has 21 heavy (non-hydrogen) atoms. The van der Waals surface area contributed by atoms with Crippen molar-refractivity contribution in [1.82, 2.24) is 5.32 Å². The molecule has 0 bridgehead atoms. The zero-order chi connectivity index (χ0) is 15.5.